The summed E-state index contributed by atoms with van der Waals surface area (Å²) in [5.41, 5.74) is 1.13. The average molecular weight is 327 g/mol. The molecule has 24 heavy (non-hydrogen) atoms. The standard InChI is InChI=1S/C18H25N5O/c1-24-13-12-23-10-6-15(7-11-23)14-16-4-2-5-17(21-16)22-18-19-8-3-9-20-18/h2-5,8-9,15H,6-7,10-14H2,1H3,(H,19,20,21,22). The molecule has 0 aliphatic carbocycles. The second-order valence-corrected chi connectivity index (χ2v) is 6.19. The van der Waals surface area contributed by atoms with Crippen molar-refractivity contribution in [1.29, 1.82) is 0 Å². The molecule has 0 amide bonds. The van der Waals surface area contributed by atoms with E-state index in [0.717, 1.165) is 44.2 Å². The van der Waals surface area contributed by atoms with Crippen LogP contribution in [0.5, 0.6) is 0 Å². The molecule has 0 radical (unpaired) electrons. The van der Waals surface area contributed by atoms with Crippen LogP contribution >= 0.6 is 0 Å². The molecule has 0 saturated carbocycles. The molecule has 6 nitrogen and oxygen atoms in total. The number of pyridine rings is 1. The minimum absolute atomic E-state index is 0.577. The predicted octanol–water partition coefficient (Wildman–Crippen LogP) is 2.52. The highest BCUT2D eigenvalue weighted by molar-refractivity contribution is 5.47. The van der Waals surface area contributed by atoms with Crippen molar-refractivity contribution < 1.29 is 4.74 Å². The number of nitrogens with one attached hydrogen (secondary N) is 1. The van der Waals surface area contributed by atoms with E-state index in [2.05, 4.69) is 26.3 Å². The Morgan fingerprint density at radius 1 is 1.17 bits per heavy atom. The van der Waals surface area contributed by atoms with Gasteiger partial charge in [-0.3, -0.25) is 0 Å². The van der Waals surface area contributed by atoms with Crippen LogP contribution in [0.3, 0.4) is 0 Å². The molecule has 1 aliphatic heterocycles. The lowest BCUT2D eigenvalue weighted by molar-refractivity contribution is 0.120. The van der Waals surface area contributed by atoms with Crippen molar-refractivity contribution in [3.05, 3.63) is 42.4 Å². The third-order valence-corrected chi connectivity index (χ3v) is 4.43. The van der Waals surface area contributed by atoms with Gasteiger partial charge in [0.05, 0.1) is 6.61 Å². The van der Waals surface area contributed by atoms with E-state index < -0.39 is 0 Å². The molecular formula is C18H25N5O. The lowest BCUT2D eigenvalue weighted by atomic mass is 9.92. The van der Waals surface area contributed by atoms with Gasteiger partial charge in [-0.15, -0.1) is 0 Å². The SMILES string of the molecule is COCCN1CCC(Cc2cccc(Nc3ncccn3)n2)CC1. The summed E-state index contributed by atoms with van der Waals surface area (Å²) < 4.78 is 5.16. The zero-order valence-corrected chi connectivity index (χ0v) is 14.2. The van der Waals surface area contributed by atoms with Crippen molar-refractivity contribution >= 4 is 11.8 Å². The smallest absolute Gasteiger partial charge is 0.228 e. The number of hydrogen-bond donors (Lipinski definition) is 1. The number of nitrogens with zero attached hydrogens (tertiary/aromatic N) is 4. The number of piperidine rings is 1. The van der Waals surface area contributed by atoms with Gasteiger partial charge in [-0.05, 0) is 56.5 Å². The number of ether oxygens (including phenoxy) is 1. The highest BCUT2D eigenvalue weighted by Crippen LogP contribution is 2.21. The third-order valence-electron chi connectivity index (χ3n) is 4.43. The highest BCUT2D eigenvalue weighted by Gasteiger charge is 2.19. The van der Waals surface area contributed by atoms with Gasteiger partial charge >= 0.3 is 0 Å². The fourth-order valence-electron chi connectivity index (χ4n) is 3.07. The number of anilines is 2. The maximum Gasteiger partial charge on any atom is 0.228 e. The van der Waals surface area contributed by atoms with E-state index in [9.17, 15) is 0 Å². The van der Waals surface area contributed by atoms with Crippen molar-refractivity contribution in [2.45, 2.75) is 19.3 Å². The molecule has 0 bridgehead atoms. The van der Waals surface area contributed by atoms with Crippen molar-refractivity contribution in [2.75, 3.05) is 38.7 Å². The molecule has 1 saturated heterocycles. The zero-order chi connectivity index (χ0) is 16.6. The Morgan fingerprint density at radius 3 is 2.71 bits per heavy atom. The summed E-state index contributed by atoms with van der Waals surface area (Å²) in [6.45, 7) is 4.17. The van der Waals surface area contributed by atoms with Crippen molar-refractivity contribution in [1.82, 2.24) is 19.9 Å². The second kappa shape index (κ2) is 8.70. The average Bonchev–Trinajstić information content (AvgIpc) is 2.62. The summed E-state index contributed by atoms with van der Waals surface area (Å²) in [6.07, 6.45) is 6.92. The largest absolute Gasteiger partial charge is 0.383 e. The van der Waals surface area contributed by atoms with Crippen LogP contribution in [0.4, 0.5) is 11.8 Å². The number of aromatic nitrogens is 3. The molecule has 128 valence electrons. The molecule has 1 N–H and O–H groups in total. The summed E-state index contributed by atoms with van der Waals surface area (Å²) in [4.78, 5) is 15.5. The van der Waals surface area contributed by atoms with Gasteiger partial charge < -0.3 is 15.0 Å². The first-order valence-electron chi connectivity index (χ1n) is 8.55. The zero-order valence-electron chi connectivity index (χ0n) is 14.2. The van der Waals surface area contributed by atoms with Crippen LogP contribution in [0, 0.1) is 5.92 Å². The molecule has 1 fully saturated rings. The van der Waals surface area contributed by atoms with Gasteiger partial charge in [0.1, 0.15) is 5.82 Å². The lowest BCUT2D eigenvalue weighted by Gasteiger charge is -2.31. The molecule has 3 heterocycles. The Hall–Kier alpha value is -2.05. The van der Waals surface area contributed by atoms with Crippen LogP contribution in [0.2, 0.25) is 0 Å². The van der Waals surface area contributed by atoms with Crippen LogP contribution in [0.15, 0.2) is 36.7 Å². The molecule has 6 heteroatoms. The molecule has 3 rings (SSSR count). The summed E-state index contributed by atoms with van der Waals surface area (Å²) in [6, 6.07) is 7.90. The number of rotatable bonds is 7. The van der Waals surface area contributed by atoms with Crippen molar-refractivity contribution in [3.8, 4) is 0 Å². The number of hydrogen-bond acceptors (Lipinski definition) is 6. The van der Waals surface area contributed by atoms with Gasteiger partial charge in [-0.25, -0.2) is 15.0 Å². The molecule has 0 spiro atoms. The Labute approximate surface area is 143 Å². The molecule has 1 aliphatic rings. The van der Waals surface area contributed by atoms with Gasteiger partial charge in [0.25, 0.3) is 0 Å². The monoisotopic (exact) mass is 327 g/mol. The van der Waals surface area contributed by atoms with E-state index >= 15 is 0 Å². The topological polar surface area (TPSA) is 63.2 Å². The van der Waals surface area contributed by atoms with Crippen LogP contribution in [0.25, 0.3) is 0 Å². The fraction of sp³-hybridized carbons (Fsp3) is 0.500. The van der Waals surface area contributed by atoms with Crippen molar-refractivity contribution in [2.24, 2.45) is 5.92 Å². The quantitative estimate of drug-likeness (QED) is 0.843. The van der Waals surface area contributed by atoms with E-state index in [1.807, 2.05) is 12.1 Å². The first-order chi connectivity index (χ1) is 11.8. The first-order valence-corrected chi connectivity index (χ1v) is 8.55. The van der Waals surface area contributed by atoms with Crippen LogP contribution in [-0.2, 0) is 11.2 Å². The summed E-state index contributed by atoms with van der Waals surface area (Å²) in [5, 5.41) is 3.16. The molecule has 0 atom stereocenters. The summed E-state index contributed by atoms with van der Waals surface area (Å²) >= 11 is 0. The Kier molecular flexibility index (Phi) is 6.09. The maximum atomic E-state index is 5.16. The van der Waals surface area contributed by atoms with Gasteiger partial charge in [0, 0.05) is 31.7 Å². The highest BCUT2D eigenvalue weighted by atomic mass is 16.5. The van der Waals surface area contributed by atoms with Gasteiger partial charge in [0.2, 0.25) is 5.95 Å². The molecule has 0 aromatic carbocycles. The molecular weight excluding hydrogens is 302 g/mol. The summed E-state index contributed by atoms with van der Waals surface area (Å²) in [7, 11) is 1.76. The number of likely N-dealkylation sites (tertiary alicyclic amines) is 1. The maximum absolute atomic E-state index is 5.16. The Balaban J connectivity index is 1.52. The molecule has 2 aromatic heterocycles. The second-order valence-electron chi connectivity index (χ2n) is 6.19. The third kappa shape index (κ3) is 4.97. The lowest BCUT2D eigenvalue weighted by Crippen LogP contribution is -2.36. The van der Waals surface area contributed by atoms with E-state index in [1.54, 1.807) is 25.6 Å². The fourth-order valence-corrected chi connectivity index (χ4v) is 3.07. The first kappa shape index (κ1) is 16.8. The van der Waals surface area contributed by atoms with Crippen molar-refractivity contribution in [3.63, 3.8) is 0 Å². The predicted molar refractivity (Wildman–Crippen MR) is 94.3 cm³/mol. The summed E-state index contributed by atoms with van der Waals surface area (Å²) in [5.74, 6) is 2.09. The van der Waals surface area contributed by atoms with Gasteiger partial charge in [0.15, 0.2) is 0 Å². The Morgan fingerprint density at radius 2 is 1.96 bits per heavy atom. The van der Waals surface area contributed by atoms with Crippen LogP contribution in [0.1, 0.15) is 18.5 Å². The van der Waals surface area contributed by atoms with Gasteiger partial charge in [-0.2, -0.15) is 0 Å². The Bertz CT molecular complexity index is 614. The number of methoxy groups -OCH3 is 1. The van der Waals surface area contributed by atoms with Crippen LogP contribution in [-0.4, -0.2) is 53.2 Å². The molecule has 0 unspecified atom stereocenters. The van der Waals surface area contributed by atoms with E-state index in [-0.39, 0.29) is 0 Å². The van der Waals surface area contributed by atoms with Crippen LogP contribution < -0.4 is 5.32 Å². The normalized spacial score (nSPS) is 16.2. The van der Waals surface area contributed by atoms with E-state index in [0.29, 0.717) is 11.9 Å². The van der Waals surface area contributed by atoms with E-state index in [4.69, 9.17) is 9.72 Å². The van der Waals surface area contributed by atoms with E-state index in [1.165, 1.54) is 12.8 Å². The minimum Gasteiger partial charge on any atom is -0.383 e. The van der Waals surface area contributed by atoms with Gasteiger partial charge in [-0.1, -0.05) is 6.07 Å². The molecule has 2 aromatic rings. The minimum atomic E-state index is 0.577.